The number of halogens is 3. The lowest BCUT2D eigenvalue weighted by Gasteiger charge is -2.18. The van der Waals surface area contributed by atoms with Crippen molar-refractivity contribution >= 4 is 22.5 Å². The summed E-state index contributed by atoms with van der Waals surface area (Å²) in [6.07, 6.45) is 0.496. The Labute approximate surface area is 141 Å². The van der Waals surface area contributed by atoms with Crippen molar-refractivity contribution in [3.05, 3.63) is 69.2 Å². The van der Waals surface area contributed by atoms with E-state index in [0.717, 1.165) is 22.8 Å². The van der Waals surface area contributed by atoms with Crippen LogP contribution in [-0.4, -0.2) is 9.55 Å². The molecule has 0 aliphatic rings. The number of rotatable bonds is 3. The lowest BCUT2D eigenvalue weighted by molar-refractivity contribution is 0.576. The lowest BCUT2D eigenvalue weighted by atomic mass is 10.1. The van der Waals surface area contributed by atoms with Crippen molar-refractivity contribution in [3.8, 4) is 5.69 Å². The third-order valence-electron chi connectivity index (χ3n) is 3.75. The van der Waals surface area contributed by atoms with E-state index >= 15 is 0 Å². The van der Waals surface area contributed by atoms with Crippen LogP contribution in [0.3, 0.4) is 0 Å². The van der Waals surface area contributed by atoms with E-state index in [0.29, 0.717) is 11.9 Å². The van der Waals surface area contributed by atoms with E-state index in [4.69, 9.17) is 17.3 Å². The van der Waals surface area contributed by atoms with E-state index < -0.39 is 23.2 Å². The van der Waals surface area contributed by atoms with Gasteiger partial charge in [0, 0.05) is 6.07 Å². The number of nitrogens with two attached hydrogens (primary N) is 1. The molecule has 1 unspecified atom stereocenters. The average Bonchev–Trinajstić information content (AvgIpc) is 2.52. The molecule has 3 rings (SSSR count). The van der Waals surface area contributed by atoms with Crippen LogP contribution in [0.2, 0.25) is 5.02 Å². The normalized spacial score (nSPS) is 12.5. The minimum Gasteiger partial charge on any atom is -0.321 e. The highest BCUT2D eigenvalue weighted by Crippen LogP contribution is 2.23. The Bertz CT molecular complexity index is 967. The molecule has 0 fully saturated rings. The number of fused-ring (bicyclic) bond motifs is 1. The zero-order valence-electron chi connectivity index (χ0n) is 12.8. The molecule has 0 spiro atoms. The third-order valence-corrected chi connectivity index (χ3v) is 4.06. The predicted molar refractivity (Wildman–Crippen MR) is 89.5 cm³/mol. The van der Waals surface area contributed by atoms with Crippen LogP contribution in [0.1, 0.15) is 25.2 Å². The average molecular weight is 350 g/mol. The van der Waals surface area contributed by atoms with Crippen molar-refractivity contribution in [1.82, 2.24) is 9.55 Å². The second-order valence-corrected chi connectivity index (χ2v) is 5.79. The molecule has 124 valence electrons. The van der Waals surface area contributed by atoms with E-state index in [9.17, 15) is 13.6 Å². The monoisotopic (exact) mass is 349 g/mol. The zero-order chi connectivity index (χ0) is 17.4. The van der Waals surface area contributed by atoms with Gasteiger partial charge >= 0.3 is 0 Å². The summed E-state index contributed by atoms with van der Waals surface area (Å²) >= 11 is 6.12. The highest BCUT2D eigenvalue weighted by molar-refractivity contribution is 6.35. The first-order chi connectivity index (χ1) is 11.4. The fourth-order valence-electron chi connectivity index (χ4n) is 2.56. The molecule has 4 nitrogen and oxygen atoms in total. The molecule has 0 saturated heterocycles. The summed E-state index contributed by atoms with van der Waals surface area (Å²) in [5, 5.41) is 0.392. The summed E-state index contributed by atoms with van der Waals surface area (Å²) in [6.45, 7) is 1.83. The van der Waals surface area contributed by atoms with E-state index in [1.165, 1.54) is 0 Å². The maximum Gasteiger partial charge on any atom is 0.267 e. The molecule has 24 heavy (non-hydrogen) atoms. The molecule has 0 aliphatic heterocycles. The maximum absolute atomic E-state index is 13.6. The Kier molecular flexibility index (Phi) is 4.34. The van der Waals surface area contributed by atoms with Gasteiger partial charge in [0.05, 0.1) is 27.7 Å². The highest BCUT2D eigenvalue weighted by Gasteiger charge is 2.19. The molecule has 0 aliphatic carbocycles. The molecule has 0 radical (unpaired) electrons. The first kappa shape index (κ1) is 16.5. The summed E-state index contributed by atoms with van der Waals surface area (Å²) in [6, 6.07) is 7.14. The maximum atomic E-state index is 13.6. The van der Waals surface area contributed by atoms with Gasteiger partial charge in [0.1, 0.15) is 17.5 Å². The van der Waals surface area contributed by atoms with Crippen molar-refractivity contribution < 1.29 is 8.78 Å². The Morgan fingerprint density at radius 3 is 2.54 bits per heavy atom. The Hall–Kier alpha value is -2.31. The molecule has 2 aromatic carbocycles. The van der Waals surface area contributed by atoms with Gasteiger partial charge < -0.3 is 5.73 Å². The predicted octanol–water partition coefficient (Wildman–Crippen LogP) is 3.73. The van der Waals surface area contributed by atoms with Crippen LogP contribution in [0.5, 0.6) is 0 Å². The van der Waals surface area contributed by atoms with Crippen LogP contribution in [0.15, 0.2) is 41.2 Å². The van der Waals surface area contributed by atoms with Crippen LogP contribution < -0.4 is 11.3 Å². The molecule has 0 saturated carbocycles. The molecule has 1 heterocycles. The smallest absolute Gasteiger partial charge is 0.267 e. The first-order valence-corrected chi connectivity index (χ1v) is 7.73. The van der Waals surface area contributed by atoms with Gasteiger partial charge in [-0.1, -0.05) is 24.6 Å². The van der Waals surface area contributed by atoms with Crippen LogP contribution in [-0.2, 0) is 0 Å². The minimum atomic E-state index is -0.799. The standard InChI is InChI=1S/C17H14ClF2N3O/c1-2-13(21)16-22-14-5-3-4-12(18)15(14)17(24)23(16)11-7-9(19)6-10(20)8-11/h3-8,13H,2,21H2,1H3. The molecule has 0 bridgehead atoms. The molecular weight excluding hydrogens is 336 g/mol. The van der Waals surface area contributed by atoms with E-state index in [1.807, 2.05) is 6.92 Å². The fraction of sp³-hybridized carbons (Fsp3) is 0.176. The number of hydrogen-bond donors (Lipinski definition) is 1. The quantitative estimate of drug-likeness (QED) is 0.783. The fourth-order valence-corrected chi connectivity index (χ4v) is 2.81. The first-order valence-electron chi connectivity index (χ1n) is 7.35. The number of benzene rings is 2. The van der Waals surface area contributed by atoms with E-state index in [-0.39, 0.29) is 21.9 Å². The van der Waals surface area contributed by atoms with Crippen LogP contribution in [0, 0.1) is 11.6 Å². The Morgan fingerprint density at radius 1 is 1.25 bits per heavy atom. The van der Waals surface area contributed by atoms with Gasteiger partial charge in [0.2, 0.25) is 0 Å². The van der Waals surface area contributed by atoms with E-state index in [1.54, 1.807) is 18.2 Å². The largest absolute Gasteiger partial charge is 0.321 e. The summed E-state index contributed by atoms with van der Waals surface area (Å²) in [5.41, 5.74) is 5.95. The van der Waals surface area contributed by atoms with Gasteiger partial charge in [-0.05, 0) is 30.7 Å². The van der Waals surface area contributed by atoms with Crippen molar-refractivity contribution in [3.63, 3.8) is 0 Å². The zero-order valence-corrected chi connectivity index (χ0v) is 13.5. The van der Waals surface area contributed by atoms with Gasteiger partial charge in [-0.3, -0.25) is 9.36 Å². The summed E-state index contributed by atoms with van der Waals surface area (Å²) in [4.78, 5) is 17.4. The number of hydrogen-bond acceptors (Lipinski definition) is 3. The van der Waals surface area contributed by atoms with Gasteiger partial charge in [-0.25, -0.2) is 13.8 Å². The molecule has 2 N–H and O–H groups in total. The van der Waals surface area contributed by atoms with E-state index in [2.05, 4.69) is 4.98 Å². The minimum absolute atomic E-state index is 0.0192. The molecule has 3 aromatic rings. The third kappa shape index (κ3) is 2.79. The van der Waals surface area contributed by atoms with Crippen LogP contribution in [0.25, 0.3) is 16.6 Å². The summed E-state index contributed by atoms with van der Waals surface area (Å²) in [5.74, 6) is -1.37. The Balaban J connectivity index is 2.46. The van der Waals surface area contributed by atoms with Crippen LogP contribution >= 0.6 is 11.6 Å². The molecule has 1 atom stereocenters. The SMILES string of the molecule is CCC(N)c1nc2cccc(Cl)c2c(=O)n1-c1cc(F)cc(F)c1. The second-order valence-electron chi connectivity index (χ2n) is 5.39. The number of nitrogens with zero attached hydrogens (tertiary/aromatic N) is 2. The Morgan fingerprint density at radius 2 is 1.92 bits per heavy atom. The summed E-state index contributed by atoms with van der Waals surface area (Å²) < 4.78 is 28.4. The number of aromatic nitrogens is 2. The molecule has 0 amide bonds. The topological polar surface area (TPSA) is 60.9 Å². The summed E-state index contributed by atoms with van der Waals surface area (Å²) in [7, 11) is 0. The van der Waals surface area contributed by atoms with Crippen molar-refractivity contribution in [2.45, 2.75) is 19.4 Å². The second kappa shape index (κ2) is 6.30. The molecule has 7 heteroatoms. The van der Waals surface area contributed by atoms with Crippen molar-refractivity contribution in [2.75, 3.05) is 0 Å². The van der Waals surface area contributed by atoms with Gasteiger partial charge in [-0.2, -0.15) is 0 Å². The van der Waals surface area contributed by atoms with Crippen molar-refractivity contribution in [2.24, 2.45) is 5.73 Å². The lowest BCUT2D eigenvalue weighted by Crippen LogP contribution is -2.28. The van der Waals surface area contributed by atoms with Crippen LogP contribution in [0.4, 0.5) is 8.78 Å². The highest BCUT2D eigenvalue weighted by atomic mass is 35.5. The molecule has 1 aromatic heterocycles. The van der Waals surface area contributed by atoms with Crippen molar-refractivity contribution in [1.29, 1.82) is 0 Å². The van der Waals surface area contributed by atoms with Gasteiger partial charge in [-0.15, -0.1) is 0 Å². The van der Waals surface area contributed by atoms with Gasteiger partial charge in [0.25, 0.3) is 5.56 Å². The van der Waals surface area contributed by atoms with Gasteiger partial charge in [0.15, 0.2) is 0 Å². The molecular formula is C17H14ClF2N3O.